The van der Waals surface area contributed by atoms with Gasteiger partial charge in [0.1, 0.15) is 0 Å². The first-order valence-electron chi connectivity index (χ1n) is 6.67. The second-order valence-corrected chi connectivity index (χ2v) is 6.83. The van der Waals surface area contributed by atoms with Gasteiger partial charge in [0, 0.05) is 23.5 Å². The van der Waals surface area contributed by atoms with Gasteiger partial charge < -0.3 is 15.4 Å². The maximum atomic E-state index is 12.6. The first-order valence-corrected chi connectivity index (χ1v) is 7.49. The second-order valence-electron chi connectivity index (χ2n) is 5.74. The minimum atomic E-state index is -0.269. The number of amides is 1. The molecule has 2 heterocycles. The van der Waals surface area contributed by atoms with E-state index in [0.29, 0.717) is 19.7 Å². The Bertz CT molecular complexity index is 663. The Balaban J connectivity index is 1.88. The standard InChI is InChI=1S/C15H18N2O2S/c1-15(2)9-17(5-6-19-15)14(18)13-8-10-7-11(16)3-4-12(10)20-13/h3-4,7-8H,5-6,9,16H2,1-2H3. The Hall–Kier alpha value is -1.59. The van der Waals surface area contributed by atoms with Crippen LogP contribution in [0, 0.1) is 0 Å². The zero-order chi connectivity index (χ0) is 14.3. The topological polar surface area (TPSA) is 55.6 Å². The Morgan fingerprint density at radius 2 is 2.20 bits per heavy atom. The lowest BCUT2D eigenvalue weighted by molar-refractivity contribution is -0.0763. The number of fused-ring (bicyclic) bond motifs is 1. The van der Waals surface area contributed by atoms with Gasteiger partial charge in [0.25, 0.3) is 5.91 Å². The van der Waals surface area contributed by atoms with E-state index in [1.54, 1.807) is 0 Å². The van der Waals surface area contributed by atoms with Crippen molar-refractivity contribution in [2.75, 3.05) is 25.4 Å². The van der Waals surface area contributed by atoms with E-state index in [-0.39, 0.29) is 11.5 Å². The number of hydrogen-bond acceptors (Lipinski definition) is 4. The molecule has 0 bridgehead atoms. The molecule has 3 rings (SSSR count). The number of nitrogens with zero attached hydrogens (tertiary/aromatic N) is 1. The third-order valence-corrected chi connectivity index (χ3v) is 4.57. The van der Waals surface area contributed by atoms with Gasteiger partial charge in [-0.3, -0.25) is 4.79 Å². The Labute approximate surface area is 122 Å². The van der Waals surface area contributed by atoms with Crippen LogP contribution in [-0.2, 0) is 4.74 Å². The third-order valence-electron chi connectivity index (χ3n) is 3.46. The molecule has 0 radical (unpaired) electrons. The molecule has 0 spiro atoms. The van der Waals surface area contributed by atoms with Crippen LogP contribution in [0.1, 0.15) is 23.5 Å². The summed E-state index contributed by atoms with van der Waals surface area (Å²) in [6, 6.07) is 7.67. The second kappa shape index (κ2) is 4.75. The van der Waals surface area contributed by atoms with Gasteiger partial charge in [0.15, 0.2) is 0 Å². The van der Waals surface area contributed by atoms with Crippen LogP contribution >= 0.6 is 11.3 Å². The van der Waals surface area contributed by atoms with Crippen molar-refractivity contribution in [3.8, 4) is 0 Å². The van der Waals surface area contributed by atoms with Crippen LogP contribution < -0.4 is 5.73 Å². The van der Waals surface area contributed by atoms with Crippen LogP contribution in [-0.4, -0.2) is 36.1 Å². The highest BCUT2D eigenvalue weighted by atomic mass is 32.1. The number of hydrogen-bond donors (Lipinski definition) is 1. The van der Waals surface area contributed by atoms with E-state index in [9.17, 15) is 4.79 Å². The number of benzene rings is 1. The summed E-state index contributed by atoms with van der Waals surface area (Å²) in [6.07, 6.45) is 0. The molecule has 1 aliphatic heterocycles. The molecule has 0 saturated carbocycles. The Morgan fingerprint density at radius 1 is 1.40 bits per heavy atom. The van der Waals surface area contributed by atoms with Crippen LogP contribution in [0.3, 0.4) is 0 Å². The monoisotopic (exact) mass is 290 g/mol. The fourth-order valence-corrected chi connectivity index (χ4v) is 3.52. The van der Waals surface area contributed by atoms with Crippen molar-refractivity contribution in [2.24, 2.45) is 0 Å². The van der Waals surface area contributed by atoms with E-state index < -0.39 is 0 Å². The predicted molar refractivity (Wildman–Crippen MR) is 82.2 cm³/mol. The van der Waals surface area contributed by atoms with Crippen molar-refractivity contribution in [3.63, 3.8) is 0 Å². The minimum absolute atomic E-state index is 0.0844. The van der Waals surface area contributed by atoms with Crippen LogP contribution in [0.15, 0.2) is 24.3 Å². The van der Waals surface area contributed by atoms with Crippen molar-refractivity contribution in [1.29, 1.82) is 0 Å². The maximum Gasteiger partial charge on any atom is 0.264 e. The number of nitrogen functional groups attached to an aromatic ring is 1. The normalized spacial score (nSPS) is 18.4. The van der Waals surface area contributed by atoms with Crippen molar-refractivity contribution in [3.05, 3.63) is 29.1 Å². The fourth-order valence-electron chi connectivity index (χ4n) is 2.51. The molecule has 1 amide bonds. The van der Waals surface area contributed by atoms with Gasteiger partial charge in [-0.1, -0.05) is 0 Å². The summed E-state index contributed by atoms with van der Waals surface area (Å²) in [4.78, 5) is 15.2. The zero-order valence-corrected chi connectivity index (χ0v) is 12.5. The Morgan fingerprint density at radius 3 is 2.95 bits per heavy atom. The number of rotatable bonds is 1. The highest BCUT2D eigenvalue weighted by Gasteiger charge is 2.30. The molecule has 1 aromatic heterocycles. The molecule has 4 nitrogen and oxygen atoms in total. The number of morpholine rings is 1. The van der Waals surface area contributed by atoms with E-state index in [1.165, 1.54) is 11.3 Å². The summed E-state index contributed by atoms with van der Waals surface area (Å²) in [7, 11) is 0. The molecule has 20 heavy (non-hydrogen) atoms. The molecule has 2 N–H and O–H groups in total. The molecule has 106 valence electrons. The molecule has 0 aliphatic carbocycles. The van der Waals surface area contributed by atoms with Crippen molar-refractivity contribution in [2.45, 2.75) is 19.4 Å². The molecule has 1 fully saturated rings. The van der Waals surface area contributed by atoms with Crippen LogP contribution in [0.25, 0.3) is 10.1 Å². The largest absolute Gasteiger partial charge is 0.399 e. The van der Waals surface area contributed by atoms with Gasteiger partial charge in [-0.15, -0.1) is 11.3 Å². The first kappa shape index (κ1) is 13.4. The predicted octanol–water partition coefficient (Wildman–Crippen LogP) is 2.73. The third kappa shape index (κ3) is 2.51. The Kier molecular flexibility index (Phi) is 3.18. The van der Waals surface area contributed by atoms with Crippen molar-refractivity contribution < 1.29 is 9.53 Å². The van der Waals surface area contributed by atoms with Gasteiger partial charge in [-0.2, -0.15) is 0 Å². The average Bonchev–Trinajstić information content (AvgIpc) is 2.79. The number of carbonyl (C=O) groups excluding carboxylic acids is 1. The molecule has 2 aromatic rings. The SMILES string of the molecule is CC1(C)CN(C(=O)c2cc3cc(N)ccc3s2)CCO1. The van der Waals surface area contributed by atoms with E-state index in [0.717, 1.165) is 20.7 Å². The molecule has 5 heteroatoms. The van der Waals surface area contributed by atoms with E-state index >= 15 is 0 Å². The molecular formula is C15H18N2O2S. The van der Waals surface area contributed by atoms with Gasteiger partial charge in [0.2, 0.25) is 0 Å². The number of thiophene rings is 1. The number of anilines is 1. The number of ether oxygens (including phenoxy) is 1. The molecule has 0 atom stereocenters. The fraction of sp³-hybridized carbons (Fsp3) is 0.400. The van der Waals surface area contributed by atoms with E-state index in [4.69, 9.17) is 10.5 Å². The molecule has 1 saturated heterocycles. The molecule has 0 unspecified atom stereocenters. The van der Waals surface area contributed by atoms with Crippen molar-refractivity contribution >= 4 is 33.0 Å². The lowest BCUT2D eigenvalue weighted by Gasteiger charge is -2.37. The van der Waals surface area contributed by atoms with E-state index in [1.807, 2.05) is 43.0 Å². The molecule has 1 aliphatic rings. The number of carbonyl (C=O) groups is 1. The van der Waals surface area contributed by atoms with Crippen LogP contribution in [0.4, 0.5) is 5.69 Å². The average molecular weight is 290 g/mol. The summed E-state index contributed by atoms with van der Waals surface area (Å²) in [5, 5.41) is 1.03. The zero-order valence-electron chi connectivity index (χ0n) is 11.7. The van der Waals surface area contributed by atoms with Crippen LogP contribution in [0.2, 0.25) is 0 Å². The van der Waals surface area contributed by atoms with Gasteiger partial charge >= 0.3 is 0 Å². The highest BCUT2D eigenvalue weighted by molar-refractivity contribution is 7.20. The first-order chi connectivity index (χ1) is 9.44. The summed E-state index contributed by atoms with van der Waals surface area (Å²) < 4.78 is 6.74. The minimum Gasteiger partial charge on any atom is -0.399 e. The van der Waals surface area contributed by atoms with Crippen LogP contribution in [0.5, 0.6) is 0 Å². The molecule has 1 aromatic carbocycles. The van der Waals surface area contributed by atoms with Crippen molar-refractivity contribution in [1.82, 2.24) is 4.90 Å². The van der Waals surface area contributed by atoms with Gasteiger partial charge in [0.05, 0.1) is 17.1 Å². The molecular weight excluding hydrogens is 272 g/mol. The quantitative estimate of drug-likeness (QED) is 0.822. The smallest absolute Gasteiger partial charge is 0.264 e. The maximum absolute atomic E-state index is 12.6. The lowest BCUT2D eigenvalue weighted by atomic mass is 10.1. The summed E-state index contributed by atoms with van der Waals surface area (Å²) in [5.41, 5.74) is 6.24. The summed E-state index contributed by atoms with van der Waals surface area (Å²) in [6.45, 7) is 5.90. The van der Waals surface area contributed by atoms with E-state index in [2.05, 4.69) is 0 Å². The van der Waals surface area contributed by atoms with Gasteiger partial charge in [-0.05, 0) is 43.5 Å². The summed E-state index contributed by atoms with van der Waals surface area (Å²) in [5.74, 6) is 0.0844. The summed E-state index contributed by atoms with van der Waals surface area (Å²) >= 11 is 1.52. The number of nitrogens with two attached hydrogens (primary N) is 1. The highest BCUT2D eigenvalue weighted by Crippen LogP contribution is 2.29. The lowest BCUT2D eigenvalue weighted by Crippen LogP contribution is -2.50. The van der Waals surface area contributed by atoms with Gasteiger partial charge in [-0.25, -0.2) is 0 Å².